The van der Waals surface area contributed by atoms with Gasteiger partial charge in [-0.3, -0.25) is 0 Å². The molecule has 0 saturated carbocycles. The van der Waals surface area contributed by atoms with Crippen LogP contribution in [0.5, 0.6) is 0 Å². The van der Waals surface area contributed by atoms with Crippen molar-refractivity contribution in [2.24, 2.45) is 0 Å². The zero-order valence-corrected chi connectivity index (χ0v) is 15.5. The summed E-state index contributed by atoms with van der Waals surface area (Å²) in [5, 5.41) is 8.41. The summed E-state index contributed by atoms with van der Waals surface area (Å²) >= 11 is 1.40. The van der Waals surface area contributed by atoms with Gasteiger partial charge in [0, 0.05) is 24.4 Å². The Bertz CT molecular complexity index is 858. The summed E-state index contributed by atoms with van der Waals surface area (Å²) in [6.07, 6.45) is 0. The lowest BCUT2D eigenvalue weighted by Crippen LogP contribution is -2.40. The number of benzene rings is 1. The number of hydrogen-bond acceptors (Lipinski definition) is 7. The Morgan fingerprint density at radius 2 is 2.08 bits per heavy atom. The molecular weight excluding hydrogens is 362 g/mol. The minimum Gasteiger partial charge on any atom is -0.411 e. The zero-order chi connectivity index (χ0) is 17.9. The van der Waals surface area contributed by atoms with Gasteiger partial charge in [-0.05, 0) is 25.1 Å². The average molecular weight is 381 g/mol. The van der Waals surface area contributed by atoms with Crippen molar-refractivity contribution in [1.82, 2.24) is 14.5 Å². The van der Waals surface area contributed by atoms with Gasteiger partial charge in [0.2, 0.25) is 15.9 Å². The van der Waals surface area contributed by atoms with Crippen LogP contribution < -0.4 is 0 Å². The topological polar surface area (TPSA) is 85.5 Å². The van der Waals surface area contributed by atoms with Gasteiger partial charge in [-0.15, -0.1) is 10.2 Å². The molecule has 7 nitrogen and oxygen atoms in total. The van der Waals surface area contributed by atoms with E-state index in [2.05, 4.69) is 16.8 Å². The van der Waals surface area contributed by atoms with E-state index >= 15 is 0 Å². The standard InChI is InChI=1S/C16H19N3O4S2/c1-12(2)11-24-16-18-17-15(23-16)13-4-3-5-14(10-13)25(20,21)19-6-8-22-9-7-19/h3-5,10H,1,6-9,11H2,2H3. The Balaban J connectivity index is 1.83. The van der Waals surface area contributed by atoms with Gasteiger partial charge >= 0.3 is 0 Å². The molecule has 0 atom stereocenters. The van der Waals surface area contributed by atoms with Crippen molar-refractivity contribution >= 4 is 21.8 Å². The molecule has 134 valence electrons. The lowest BCUT2D eigenvalue weighted by Gasteiger charge is -2.26. The monoisotopic (exact) mass is 381 g/mol. The first-order valence-corrected chi connectivity index (χ1v) is 10.2. The van der Waals surface area contributed by atoms with Crippen LogP contribution in [-0.4, -0.2) is 55.0 Å². The van der Waals surface area contributed by atoms with Crippen LogP contribution in [-0.2, 0) is 14.8 Å². The number of thioether (sulfide) groups is 1. The highest BCUT2D eigenvalue weighted by atomic mass is 32.2. The van der Waals surface area contributed by atoms with Crippen LogP contribution in [0, 0.1) is 0 Å². The number of morpholine rings is 1. The van der Waals surface area contributed by atoms with Crippen LogP contribution in [0.4, 0.5) is 0 Å². The van der Waals surface area contributed by atoms with Crippen LogP contribution in [0.25, 0.3) is 11.5 Å². The lowest BCUT2D eigenvalue weighted by molar-refractivity contribution is 0.0730. The summed E-state index contributed by atoms with van der Waals surface area (Å²) in [7, 11) is -3.56. The molecule has 2 aromatic rings. The van der Waals surface area contributed by atoms with E-state index in [1.54, 1.807) is 24.3 Å². The van der Waals surface area contributed by atoms with Crippen molar-refractivity contribution in [2.45, 2.75) is 17.0 Å². The van der Waals surface area contributed by atoms with E-state index in [4.69, 9.17) is 9.15 Å². The molecule has 0 spiro atoms. The Hall–Kier alpha value is -1.68. The summed E-state index contributed by atoms with van der Waals surface area (Å²) < 4.78 is 37.7. The fourth-order valence-corrected chi connectivity index (χ4v) is 4.36. The molecule has 0 radical (unpaired) electrons. The van der Waals surface area contributed by atoms with Crippen molar-refractivity contribution < 1.29 is 17.6 Å². The number of rotatable bonds is 6. The molecule has 3 rings (SSSR count). The van der Waals surface area contributed by atoms with Crippen molar-refractivity contribution in [3.05, 3.63) is 36.4 Å². The van der Waals surface area contributed by atoms with E-state index in [0.29, 0.717) is 48.7 Å². The summed E-state index contributed by atoms with van der Waals surface area (Å²) in [5.41, 5.74) is 1.58. The molecule has 0 bridgehead atoms. The molecule has 0 aliphatic carbocycles. The van der Waals surface area contributed by atoms with Gasteiger partial charge in [0.25, 0.3) is 5.22 Å². The largest absolute Gasteiger partial charge is 0.411 e. The van der Waals surface area contributed by atoms with E-state index < -0.39 is 10.0 Å². The molecule has 0 unspecified atom stereocenters. The Kier molecular flexibility index (Phi) is 5.57. The van der Waals surface area contributed by atoms with Gasteiger partial charge in [0.05, 0.1) is 18.1 Å². The average Bonchev–Trinajstić information content (AvgIpc) is 3.10. The third-order valence-corrected chi connectivity index (χ3v) is 6.48. The first kappa shape index (κ1) is 18.1. The number of ether oxygens (including phenoxy) is 1. The summed E-state index contributed by atoms with van der Waals surface area (Å²) in [6.45, 7) is 7.28. The third-order valence-electron chi connectivity index (χ3n) is 3.54. The highest BCUT2D eigenvalue weighted by Crippen LogP contribution is 2.27. The van der Waals surface area contributed by atoms with Crippen molar-refractivity contribution in [3.8, 4) is 11.5 Å². The second kappa shape index (κ2) is 7.69. The minimum absolute atomic E-state index is 0.209. The molecule has 0 amide bonds. The van der Waals surface area contributed by atoms with Gasteiger partial charge in [-0.25, -0.2) is 8.42 Å². The van der Waals surface area contributed by atoms with E-state index in [-0.39, 0.29) is 4.90 Å². The SMILES string of the molecule is C=C(C)CSc1nnc(-c2cccc(S(=O)(=O)N3CCOCC3)c2)o1. The Labute approximate surface area is 151 Å². The van der Waals surface area contributed by atoms with E-state index in [1.807, 2.05) is 6.92 Å². The smallest absolute Gasteiger partial charge is 0.277 e. The van der Waals surface area contributed by atoms with E-state index in [1.165, 1.54) is 16.1 Å². The second-order valence-corrected chi connectivity index (χ2v) is 8.53. The second-order valence-electron chi connectivity index (χ2n) is 5.66. The molecule has 1 fully saturated rings. The molecule has 2 heterocycles. The molecule has 1 aliphatic rings. The molecule has 0 N–H and O–H groups in total. The first-order chi connectivity index (χ1) is 12.0. The molecular formula is C16H19N3O4S2. The molecule has 25 heavy (non-hydrogen) atoms. The summed E-state index contributed by atoms with van der Waals surface area (Å²) in [6, 6.07) is 6.56. The maximum Gasteiger partial charge on any atom is 0.277 e. The van der Waals surface area contributed by atoms with Gasteiger partial charge < -0.3 is 9.15 Å². The lowest BCUT2D eigenvalue weighted by atomic mass is 10.2. The van der Waals surface area contributed by atoms with Gasteiger partial charge in [0.15, 0.2) is 0 Å². The summed E-state index contributed by atoms with van der Waals surface area (Å²) in [5.74, 6) is 0.982. The Morgan fingerprint density at radius 1 is 1.32 bits per heavy atom. The third kappa shape index (κ3) is 4.30. The van der Waals surface area contributed by atoms with Crippen LogP contribution in [0.1, 0.15) is 6.92 Å². The van der Waals surface area contributed by atoms with Crippen molar-refractivity contribution in [3.63, 3.8) is 0 Å². The minimum atomic E-state index is -3.56. The number of nitrogens with zero attached hydrogens (tertiary/aromatic N) is 3. The van der Waals surface area contributed by atoms with Crippen LogP contribution in [0.3, 0.4) is 0 Å². The number of hydrogen-bond donors (Lipinski definition) is 0. The maximum atomic E-state index is 12.7. The highest BCUT2D eigenvalue weighted by molar-refractivity contribution is 7.99. The summed E-state index contributed by atoms with van der Waals surface area (Å²) in [4.78, 5) is 0.209. The highest BCUT2D eigenvalue weighted by Gasteiger charge is 2.26. The number of aromatic nitrogens is 2. The van der Waals surface area contributed by atoms with E-state index in [9.17, 15) is 8.42 Å². The molecule has 9 heteroatoms. The first-order valence-electron chi connectivity index (χ1n) is 7.76. The maximum absolute atomic E-state index is 12.7. The molecule has 1 aliphatic heterocycles. The molecule has 1 aromatic heterocycles. The molecule has 1 saturated heterocycles. The normalized spacial score (nSPS) is 16.0. The predicted octanol–water partition coefficient (Wildman–Crippen LogP) is 2.43. The van der Waals surface area contributed by atoms with Gasteiger partial charge in [-0.2, -0.15) is 4.31 Å². The molecule has 1 aromatic carbocycles. The fraction of sp³-hybridized carbons (Fsp3) is 0.375. The number of sulfonamides is 1. The van der Waals surface area contributed by atoms with Crippen LogP contribution in [0.2, 0.25) is 0 Å². The predicted molar refractivity (Wildman–Crippen MR) is 94.8 cm³/mol. The van der Waals surface area contributed by atoms with Crippen molar-refractivity contribution in [2.75, 3.05) is 32.1 Å². The van der Waals surface area contributed by atoms with Crippen LogP contribution >= 0.6 is 11.8 Å². The zero-order valence-electron chi connectivity index (χ0n) is 13.8. The quantitative estimate of drug-likeness (QED) is 0.561. The Morgan fingerprint density at radius 3 is 2.80 bits per heavy atom. The van der Waals surface area contributed by atoms with E-state index in [0.717, 1.165) is 5.57 Å². The van der Waals surface area contributed by atoms with Gasteiger partial charge in [0.1, 0.15) is 0 Å². The fourth-order valence-electron chi connectivity index (χ4n) is 2.30. The van der Waals surface area contributed by atoms with Crippen molar-refractivity contribution in [1.29, 1.82) is 0 Å². The van der Waals surface area contributed by atoms with Gasteiger partial charge in [-0.1, -0.05) is 30.0 Å². The van der Waals surface area contributed by atoms with Crippen LogP contribution in [0.15, 0.2) is 51.0 Å².